The molecule has 0 aliphatic heterocycles. The molecule has 1 aromatic heterocycles. The summed E-state index contributed by atoms with van der Waals surface area (Å²) in [5, 5.41) is 18.1. The highest BCUT2D eigenvalue weighted by atomic mass is 16.5. The SMILES string of the molecule is N#CC1CCCCC1Oc1ncccc1C(=O)O. The van der Waals surface area contributed by atoms with E-state index in [9.17, 15) is 4.79 Å². The van der Waals surface area contributed by atoms with Gasteiger partial charge in [0, 0.05) is 6.20 Å². The summed E-state index contributed by atoms with van der Waals surface area (Å²) in [7, 11) is 0. The Morgan fingerprint density at radius 3 is 3.00 bits per heavy atom. The minimum Gasteiger partial charge on any atom is -0.477 e. The molecule has 0 bridgehead atoms. The molecular formula is C13H14N2O3. The number of aromatic nitrogens is 1. The van der Waals surface area contributed by atoms with Gasteiger partial charge in [-0.3, -0.25) is 0 Å². The van der Waals surface area contributed by atoms with Gasteiger partial charge >= 0.3 is 5.97 Å². The summed E-state index contributed by atoms with van der Waals surface area (Å²) in [5.74, 6) is -1.14. The maximum Gasteiger partial charge on any atom is 0.341 e. The molecule has 0 saturated heterocycles. The summed E-state index contributed by atoms with van der Waals surface area (Å²) in [4.78, 5) is 15.0. The van der Waals surface area contributed by atoms with E-state index in [4.69, 9.17) is 15.1 Å². The Bertz CT molecular complexity index is 481. The van der Waals surface area contributed by atoms with E-state index in [1.54, 1.807) is 6.07 Å². The number of nitrogens with zero attached hydrogens (tertiary/aromatic N) is 2. The van der Waals surface area contributed by atoms with Crippen molar-refractivity contribution in [1.29, 1.82) is 5.26 Å². The van der Waals surface area contributed by atoms with Gasteiger partial charge in [-0.2, -0.15) is 5.26 Å². The molecule has 1 aliphatic carbocycles. The van der Waals surface area contributed by atoms with Gasteiger partial charge in [-0.15, -0.1) is 0 Å². The Hall–Kier alpha value is -2.09. The average Bonchev–Trinajstić information content (AvgIpc) is 2.40. The van der Waals surface area contributed by atoms with E-state index in [1.807, 2.05) is 0 Å². The molecule has 94 valence electrons. The van der Waals surface area contributed by atoms with Crippen molar-refractivity contribution < 1.29 is 14.6 Å². The predicted octanol–water partition coefficient (Wildman–Crippen LogP) is 2.24. The standard InChI is InChI=1S/C13H14N2O3/c14-8-9-4-1-2-6-11(9)18-12-10(13(16)17)5-3-7-15-12/h3,5,7,9,11H,1-2,4,6H2,(H,16,17). The van der Waals surface area contributed by atoms with Gasteiger partial charge < -0.3 is 9.84 Å². The summed E-state index contributed by atoms with van der Waals surface area (Å²) >= 11 is 0. The first-order valence-electron chi connectivity index (χ1n) is 5.97. The van der Waals surface area contributed by atoms with Gasteiger partial charge in [-0.25, -0.2) is 9.78 Å². The zero-order valence-electron chi connectivity index (χ0n) is 9.87. The van der Waals surface area contributed by atoms with Gasteiger partial charge in [-0.1, -0.05) is 6.42 Å². The van der Waals surface area contributed by atoms with E-state index < -0.39 is 5.97 Å². The van der Waals surface area contributed by atoms with E-state index in [0.717, 1.165) is 25.7 Å². The van der Waals surface area contributed by atoms with E-state index in [-0.39, 0.29) is 23.5 Å². The fraction of sp³-hybridized carbons (Fsp3) is 0.462. The number of hydrogen-bond acceptors (Lipinski definition) is 4. The zero-order chi connectivity index (χ0) is 13.0. The normalized spacial score (nSPS) is 23.1. The Morgan fingerprint density at radius 2 is 2.28 bits per heavy atom. The van der Waals surface area contributed by atoms with Crippen LogP contribution in [0.2, 0.25) is 0 Å². The van der Waals surface area contributed by atoms with Crippen molar-refractivity contribution in [2.75, 3.05) is 0 Å². The number of hydrogen-bond donors (Lipinski definition) is 1. The molecule has 1 N–H and O–H groups in total. The highest BCUT2D eigenvalue weighted by Gasteiger charge is 2.28. The molecule has 1 aliphatic rings. The number of carbonyl (C=O) groups is 1. The van der Waals surface area contributed by atoms with Crippen LogP contribution in [0, 0.1) is 17.2 Å². The topological polar surface area (TPSA) is 83.2 Å². The van der Waals surface area contributed by atoms with Gasteiger partial charge in [0.2, 0.25) is 5.88 Å². The lowest BCUT2D eigenvalue weighted by Crippen LogP contribution is -2.30. The van der Waals surface area contributed by atoms with E-state index >= 15 is 0 Å². The summed E-state index contributed by atoms with van der Waals surface area (Å²) in [5.41, 5.74) is 0.0414. The Morgan fingerprint density at radius 1 is 1.50 bits per heavy atom. The Labute approximate surface area is 105 Å². The van der Waals surface area contributed by atoms with E-state index in [0.29, 0.717) is 0 Å². The predicted molar refractivity (Wildman–Crippen MR) is 63.2 cm³/mol. The summed E-state index contributed by atoms with van der Waals surface area (Å²) in [6, 6.07) is 5.23. The van der Waals surface area contributed by atoms with Crippen LogP contribution >= 0.6 is 0 Å². The molecule has 0 spiro atoms. The number of carboxylic acids is 1. The first-order valence-corrected chi connectivity index (χ1v) is 5.97. The summed E-state index contributed by atoms with van der Waals surface area (Å²) < 4.78 is 5.64. The van der Waals surface area contributed by atoms with Crippen LogP contribution in [0.5, 0.6) is 5.88 Å². The van der Waals surface area contributed by atoms with Crippen molar-refractivity contribution in [2.45, 2.75) is 31.8 Å². The molecule has 5 heteroatoms. The summed E-state index contributed by atoms with van der Waals surface area (Å²) in [6.07, 6.45) is 4.83. The van der Waals surface area contributed by atoms with Crippen molar-refractivity contribution >= 4 is 5.97 Å². The second-order valence-corrected chi connectivity index (χ2v) is 4.34. The highest BCUT2D eigenvalue weighted by Crippen LogP contribution is 2.28. The van der Waals surface area contributed by atoms with Crippen LogP contribution in [-0.4, -0.2) is 22.2 Å². The Kier molecular flexibility index (Phi) is 3.78. The van der Waals surface area contributed by atoms with Crippen LogP contribution in [0.3, 0.4) is 0 Å². The van der Waals surface area contributed by atoms with Gasteiger partial charge in [0.05, 0.1) is 12.0 Å². The van der Waals surface area contributed by atoms with Crippen molar-refractivity contribution in [2.24, 2.45) is 5.92 Å². The van der Waals surface area contributed by atoms with Gasteiger partial charge in [0.1, 0.15) is 11.7 Å². The van der Waals surface area contributed by atoms with Crippen LogP contribution in [-0.2, 0) is 0 Å². The number of nitriles is 1. The van der Waals surface area contributed by atoms with Gasteiger partial charge in [0.15, 0.2) is 0 Å². The summed E-state index contributed by atoms with van der Waals surface area (Å²) in [6.45, 7) is 0. The molecule has 5 nitrogen and oxygen atoms in total. The van der Waals surface area contributed by atoms with Crippen LogP contribution in [0.25, 0.3) is 0 Å². The van der Waals surface area contributed by atoms with E-state index in [2.05, 4.69) is 11.1 Å². The lowest BCUT2D eigenvalue weighted by molar-refractivity contribution is 0.0676. The first-order chi connectivity index (χ1) is 8.72. The quantitative estimate of drug-likeness (QED) is 0.884. The lowest BCUT2D eigenvalue weighted by atomic mass is 9.87. The molecule has 1 saturated carbocycles. The number of rotatable bonds is 3. The molecule has 0 aromatic carbocycles. The highest BCUT2D eigenvalue weighted by molar-refractivity contribution is 5.90. The largest absolute Gasteiger partial charge is 0.477 e. The minimum atomic E-state index is -1.07. The second-order valence-electron chi connectivity index (χ2n) is 4.34. The third-order valence-corrected chi connectivity index (χ3v) is 3.13. The number of carboxylic acid groups (broad SMARTS) is 1. The molecule has 1 fully saturated rings. The number of ether oxygens (including phenoxy) is 1. The molecule has 1 aromatic rings. The molecular weight excluding hydrogens is 232 g/mol. The van der Waals surface area contributed by atoms with Crippen molar-refractivity contribution in [3.63, 3.8) is 0 Å². The molecule has 2 atom stereocenters. The number of aromatic carboxylic acids is 1. The van der Waals surface area contributed by atoms with Crippen molar-refractivity contribution in [3.8, 4) is 11.9 Å². The molecule has 18 heavy (non-hydrogen) atoms. The molecule has 2 unspecified atom stereocenters. The minimum absolute atomic E-state index is 0.0414. The lowest BCUT2D eigenvalue weighted by Gasteiger charge is -2.27. The maximum atomic E-state index is 11.0. The molecule has 0 radical (unpaired) electrons. The van der Waals surface area contributed by atoms with Gasteiger partial charge in [0.25, 0.3) is 0 Å². The van der Waals surface area contributed by atoms with Crippen LogP contribution in [0.1, 0.15) is 36.0 Å². The fourth-order valence-electron chi connectivity index (χ4n) is 2.18. The van der Waals surface area contributed by atoms with Crippen LogP contribution < -0.4 is 4.74 Å². The van der Waals surface area contributed by atoms with Crippen LogP contribution in [0.15, 0.2) is 18.3 Å². The molecule has 1 heterocycles. The van der Waals surface area contributed by atoms with Crippen molar-refractivity contribution in [3.05, 3.63) is 23.9 Å². The maximum absolute atomic E-state index is 11.0. The molecule has 2 rings (SSSR count). The van der Waals surface area contributed by atoms with Crippen molar-refractivity contribution in [1.82, 2.24) is 4.98 Å². The smallest absolute Gasteiger partial charge is 0.341 e. The monoisotopic (exact) mass is 246 g/mol. The second kappa shape index (κ2) is 5.50. The van der Waals surface area contributed by atoms with Gasteiger partial charge in [-0.05, 0) is 31.4 Å². The molecule has 0 amide bonds. The number of pyridine rings is 1. The van der Waals surface area contributed by atoms with E-state index in [1.165, 1.54) is 12.3 Å². The third-order valence-electron chi connectivity index (χ3n) is 3.13. The third kappa shape index (κ3) is 2.59. The fourth-order valence-corrected chi connectivity index (χ4v) is 2.18. The van der Waals surface area contributed by atoms with Crippen LogP contribution in [0.4, 0.5) is 0 Å². The zero-order valence-corrected chi connectivity index (χ0v) is 9.87. The Balaban J connectivity index is 2.18. The first kappa shape index (κ1) is 12.4. The average molecular weight is 246 g/mol.